The first-order valence-electron chi connectivity index (χ1n) is 8.88. The molecule has 3 rings (SSSR count). The second-order valence-corrected chi connectivity index (χ2v) is 12.5. The highest BCUT2D eigenvalue weighted by atomic mass is 35.5. The monoisotopic (exact) mass is 463 g/mol. The number of nitrogens with one attached hydrogen (secondary N) is 1. The number of aromatic nitrogens is 5. The Hall–Kier alpha value is -2.63. The first-order valence-corrected chi connectivity index (χ1v) is 12.7. The summed E-state index contributed by atoms with van der Waals surface area (Å²) in [6.45, 7) is 6.60. The van der Waals surface area contributed by atoms with Gasteiger partial charge < -0.3 is 4.98 Å². The van der Waals surface area contributed by atoms with Gasteiger partial charge in [0, 0.05) is 23.0 Å². The summed E-state index contributed by atoms with van der Waals surface area (Å²) in [5.74, 6) is -0.118. The highest BCUT2D eigenvalue weighted by molar-refractivity contribution is 7.92. The molecule has 0 fully saturated rings. The minimum atomic E-state index is -3.67. The van der Waals surface area contributed by atoms with Crippen LogP contribution in [0.3, 0.4) is 0 Å². The van der Waals surface area contributed by atoms with Crippen LogP contribution in [0.4, 0.5) is 0 Å². The fourth-order valence-electron chi connectivity index (χ4n) is 2.55. The number of sulfone groups is 1. The van der Waals surface area contributed by atoms with Gasteiger partial charge in [-0.05, 0) is 51.6 Å². The van der Waals surface area contributed by atoms with Crippen LogP contribution < -0.4 is 10.4 Å². The molecular formula is C18H20ClN6O3SSi. The molecule has 0 aliphatic heterocycles. The van der Waals surface area contributed by atoms with Crippen molar-refractivity contribution >= 4 is 41.8 Å². The number of hydrogen-bond acceptors (Lipinski definition) is 7. The van der Waals surface area contributed by atoms with Crippen molar-refractivity contribution in [2.24, 2.45) is 0 Å². The lowest BCUT2D eigenvalue weighted by molar-refractivity contribution is 0.0979. The van der Waals surface area contributed by atoms with Gasteiger partial charge in [0.25, 0.3) is 14.9 Å². The van der Waals surface area contributed by atoms with Crippen LogP contribution in [0, 0.1) is 0 Å². The Labute approximate surface area is 181 Å². The van der Waals surface area contributed by atoms with Gasteiger partial charge in [-0.25, -0.2) is 23.4 Å². The van der Waals surface area contributed by atoms with Crippen LogP contribution in [0.2, 0.25) is 11.6 Å². The minimum absolute atomic E-state index is 0.00150. The number of rotatable bonds is 5. The molecule has 0 bridgehead atoms. The van der Waals surface area contributed by atoms with Gasteiger partial charge in [0.05, 0.1) is 9.64 Å². The quantitative estimate of drug-likeness (QED) is 0.570. The zero-order valence-electron chi connectivity index (χ0n) is 16.8. The average molecular weight is 464 g/mol. The summed E-state index contributed by atoms with van der Waals surface area (Å²) in [6, 6.07) is 5.79. The molecule has 1 amide bonds. The molecule has 2 heterocycles. The van der Waals surface area contributed by atoms with Crippen LogP contribution in [0.15, 0.2) is 47.9 Å². The van der Waals surface area contributed by atoms with Gasteiger partial charge in [0.15, 0.2) is 9.84 Å². The van der Waals surface area contributed by atoms with Crippen molar-refractivity contribution in [3.63, 3.8) is 0 Å². The van der Waals surface area contributed by atoms with Crippen LogP contribution in [-0.2, 0) is 9.84 Å². The molecule has 1 N–H and O–H groups in total. The zero-order valence-corrected chi connectivity index (χ0v) is 19.4. The van der Waals surface area contributed by atoms with Crippen LogP contribution in [-0.4, -0.2) is 52.8 Å². The predicted molar refractivity (Wildman–Crippen MR) is 114 cm³/mol. The minimum Gasteiger partial charge on any atom is -0.371 e. The molecule has 0 saturated heterocycles. The lowest BCUT2D eigenvalue weighted by Crippen LogP contribution is -2.50. The largest absolute Gasteiger partial charge is 0.371 e. The molecule has 0 atom stereocenters. The Bertz CT molecular complexity index is 1180. The molecule has 0 aliphatic rings. The fraction of sp³-hybridized carbons (Fsp3) is 0.278. The second kappa shape index (κ2) is 8.24. The van der Waals surface area contributed by atoms with Gasteiger partial charge in [0.1, 0.15) is 11.8 Å². The van der Waals surface area contributed by atoms with E-state index in [1.54, 1.807) is 39.2 Å². The summed E-state index contributed by atoms with van der Waals surface area (Å²) in [4.78, 5) is 28.2. The molecule has 30 heavy (non-hydrogen) atoms. The summed E-state index contributed by atoms with van der Waals surface area (Å²) in [5.41, 5.74) is 0.667. The maximum Gasteiger partial charge on any atom is 0.251 e. The Morgan fingerprint density at radius 3 is 2.43 bits per heavy atom. The Morgan fingerprint density at radius 2 is 1.80 bits per heavy atom. The molecule has 0 saturated carbocycles. The molecule has 1 radical (unpaired) electrons. The lowest BCUT2D eigenvalue weighted by Gasteiger charge is -2.20. The number of amides is 1. The molecule has 0 aliphatic carbocycles. The van der Waals surface area contributed by atoms with Crippen LogP contribution in [0.1, 0.15) is 31.1 Å². The van der Waals surface area contributed by atoms with E-state index >= 15 is 0 Å². The lowest BCUT2D eigenvalue weighted by atomic mass is 10.2. The van der Waals surface area contributed by atoms with Gasteiger partial charge >= 0.3 is 0 Å². The summed E-state index contributed by atoms with van der Waals surface area (Å²) in [5, 5.41) is 4.29. The molecule has 9 nitrogen and oxygen atoms in total. The number of benzene rings is 1. The third-order valence-electron chi connectivity index (χ3n) is 4.18. The van der Waals surface area contributed by atoms with Crippen molar-refractivity contribution in [3.8, 4) is 5.95 Å². The highest BCUT2D eigenvalue weighted by Crippen LogP contribution is 2.28. The summed E-state index contributed by atoms with van der Waals surface area (Å²) in [6.07, 6.45) is 4.52. The van der Waals surface area contributed by atoms with Crippen molar-refractivity contribution in [3.05, 3.63) is 53.6 Å². The molecule has 2 aromatic heterocycles. The van der Waals surface area contributed by atoms with E-state index < -0.39 is 29.4 Å². The molecule has 12 heteroatoms. The number of carbonyl (C=O) groups excluding carboxylic acids is 1. The summed E-state index contributed by atoms with van der Waals surface area (Å²) >= 11 is 6.11. The van der Waals surface area contributed by atoms with Crippen molar-refractivity contribution in [2.75, 3.05) is 0 Å². The molecule has 0 unspecified atom stereocenters. The van der Waals surface area contributed by atoms with Crippen molar-refractivity contribution in [2.45, 2.75) is 37.0 Å². The standard InChI is InChI=1S/C18H20ClN6O3SSi/c1-18(2,3)29(27,28)14-9-12(8-13(19)10-14)15(26)24-30(4)17-22-11-23-25(17)16-20-6-5-7-21-16/h5-11H,1-4H3,(H,24,26). The molecule has 157 valence electrons. The fourth-order valence-corrected chi connectivity index (χ4v) is 5.44. The van der Waals surface area contributed by atoms with Gasteiger partial charge in [-0.15, -0.1) is 0 Å². The van der Waals surface area contributed by atoms with E-state index in [0.717, 1.165) is 0 Å². The Morgan fingerprint density at radius 1 is 1.13 bits per heavy atom. The van der Waals surface area contributed by atoms with Crippen molar-refractivity contribution < 1.29 is 13.2 Å². The van der Waals surface area contributed by atoms with Gasteiger partial charge in [0.2, 0.25) is 5.91 Å². The van der Waals surface area contributed by atoms with E-state index in [4.69, 9.17) is 11.6 Å². The van der Waals surface area contributed by atoms with Crippen LogP contribution in [0.5, 0.6) is 0 Å². The Kier molecular flexibility index (Phi) is 6.06. The maximum absolute atomic E-state index is 12.9. The number of halogens is 1. The van der Waals surface area contributed by atoms with Gasteiger partial charge in [-0.3, -0.25) is 4.79 Å². The third kappa shape index (κ3) is 4.42. The van der Waals surface area contributed by atoms with Gasteiger partial charge in [-0.2, -0.15) is 9.78 Å². The second-order valence-electron chi connectivity index (χ2n) is 7.41. The number of hydrogen-bond donors (Lipinski definition) is 1. The van der Waals surface area contributed by atoms with Crippen molar-refractivity contribution in [1.29, 1.82) is 0 Å². The number of carbonyl (C=O) groups is 1. The van der Waals surface area contributed by atoms with Gasteiger partial charge in [-0.1, -0.05) is 11.6 Å². The van der Waals surface area contributed by atoms with E-state index in [2.05, 4.69) is 25.0 Å². The van der Waals surface area contributed by atoms with E-state index in [9.17, 15) is 13.2 Å². The highest BCUT2D eigenvalue weighted by Gasteiger charge is 2.32. The smallest absolute Gasteiger partial charge is 0.251 e. The average Bonchev–Trinajstić information content (AvgIpc) is 3.17. The van der Waals surface area contributed by atoms with E-state index in [-0.39, 0.29) is 15.5 Å². The van der Waals surface area contributed by atoms with Crippen LogP contribution in [0.25, 0.3) is 5.95 Å². The summed E-state index contributed by atoms with van der Waals surface area (Å²) in [7, 11) is -5.39. The molecular weight excluding hydrogens is 444 g/mol. The number of nitrogens with zero attached hydrogens (tertiary/aromatic N) is 5. The first-order chi connectivity index (χ1) is 14.0. The SMILES string of the molecule is C[Si](NC(=O)c1cc(Cl)cc(S(=O)(=O)C(C)(C)C)c1)c1ncnn1-c1ncccn1. The van der Waals surface area contributed by atoms with E-state index in [1.165, 1.54) is 29.2 Å². The van der Waals surface area contributed by atoms with Crippen molar-refractivity contribution in [1.82, 2.24) is 29.7 Å². The first kappa shape index (κ1) is 22.1. The topological polar surface area (TPSA) is 120 Å². The molecule has 3 aromatic rings. The predicted octanol–water partition coefficient (Wildman–Crippen LogP) is 1.54. The zero-order chi connectivity index (χ0) is 22.1. The Balaban J connectivity index is 1.88. The van der Waals surface area contributed by atoms with Crippen LogP contribution >= 0.6 is 11.6 Å². The molecule has 0 spiro atoms. The normalized spacial score (nSPS) is 12.2. The summed E-state index contributed by atoms with van der Waals surface area (Å²) < 4.78 is 26.0. The van der Waals surface area contributed by atoms with E-state index in [0.29, 0.717) is 11.4 Å². The maximum atomic E-state index is 12.9. The third-order valence-corrected chi connectivity index (χ3v) is 8.48. The molecule has 1 aromatic carbocycles. The van der Waals surface area contributed by atoms with E-state index in [1.807, 2.05) is 6.55 Å².